The molecule has 0 saturated carbocycles. The number of rotatable bonds is 2. The number of fused-ring (bicyclic) bond motifs is 7. The van der Waals surface area contributed by atoms with Gasteiger partial charge in [0.2, 0.25) is 0 Å². The van der Waals surface area contributed by atoms with Crippen molar-refractivity contribution in [3.63, 3.8) is 0 Å². The fourth-order valence-corrected chi connectivity index (χ4v) is 4.05. The fraction of sp³-hybridized carbons (Fsp3) is 0.0385. The van der Waals surface area contributed by atoms with E-state index < -0.39 is 0 Å². The SMILES string of the molecule is CN(C(=O)Nc1ccc2nc3c4cccnc4c4ncccc4c3nc2c1)c1ccccc1. The second-order valence-electron chi connectivity index (χ2n) is 7.75. The lowest BCUT2D eigenvalue weighted by Gasteiger charge is -2.18. The molecular weight excluding hydrogens is 412 g/mol. The number of para-hydroxylation sites is 1. The van der Waals surface area contributed by atoms with Crippen molar-refractivity contribution in [2.24, 2.45) is 0 Å². The molecule has 3 aromatic heterocycles. The normalized spacial score (nSPS) is 11.3. The van der Waals surface area contributed by atoms with E-state index in [0.29, 0.717) is 11.2 Å². The zero-order valence-electron chi connectivity index (χ0n) is 17.7. The predicted octanol–water partition coefficient (Wildman–Crippen LogP) is 5.55. The minimum atomic E-state index is -0.235. The Kier molecular flexibility index (Phi) is 4.33. The molecule has 3 aromatic carbocycles. The number of amides is 2. The number of benzene rings is 3. The van der Waals surface area contributed by atoms with Gasteiger partial charge in [-0.2, -0.15) is 0 Å². The van der Waals surface area contributed by atoms with Gasteiger partial charge in [0.15, 0.2) is 0 Å². The van der Waals surface area contributed by atoms with Crippen LogP contribution in [-0.4, -0.2) is 33.0 Å². The first kappa shape index (κ1) is 19.1. The number of aromatic nitrogens is 4. The molecule has 0 aliphatic rings. The van der Waals surface area contributed by atoms with Crippen LogP contribution in [0.4, 0.5) is 16.2 Å². The Balaban J connectivity index is 1.48. The lowest BCUT2D eigenvalue weighted by Crippen LogP contribution is -2.31. The molecule has 0 saturated heterocycles. The summed E-state index contributed by atoms with van der Waals surface area (Å²) in [6.07, 6.45) is 3.52. The minimum Gasteiger partial charge on any atom is -0.307 e. The zero-order valence-corrected chi connectivity index (χ0v) is 17.7. The Morgan fingerprint density at radius 3 is 2.03 bits per heavy atom. The summed E-state index contributed by atoms with van der Waals surface area (Å²) in [5.41, 5.74) is 6.03. The summed E-state index contributed by atoms with van der Waals surface area (Å²) in [5.74, 6) is 0. The van der Waals surface area contributed by atoms with E-state index in [0.717, 1.165) is 44.0 Å². The lowest BCUT2D eigenvalue weighted by molar-refractivity contribution is 0.258. The molecule has 0 bridgehead atoms. The van der Waals surface area contributed by atoms with Crippen LogP contribution in [0.5, 0.6) is 0 Å². The van der Waals surface area contributed by atoms with Crippen LogP contribution in [0.15, 0.2) is 85.2 Å². The first-order valence-electron chi connectivity index (χ1n) is 10.5. The van der Waals surface area contributed by atoms with Crippen LogP contribution in [-0.2, 0) is 0 Å². The van der Waals surface area contributed by atoms with E-state index in [-0.39, 0.29) is 6.03 Å². The van der Waals surface area contributed by atoms with Gasteiger partial charge in [0.25, 0.3) is 0 Å². The second kappa shape index (κ2) is 7.49. The largest absolute Gasteiger partial charge is 0.326 e. The number of hydrogen-bond acceptors (Lipinski definition) is 5. The van der Waals surface area contributed by atoms with Crippen LogP contribution >= 0.6 is 0 Å². The molecule has 7 heteroatoms. The zero-order chi connectivity index (χ0) is 22.4. The van der Waals surface area contributed by atoms with E-state index in [1.54, 1.807) is 24.3 Å². The molecule has 0 aliphatic carbocycles. The van der Waals surface area contributed by atoms with Crippen molar-refractivity contribution in [2.45, 2.75) is 0 Å². The molecule has 0 radical (unpaired) electrons. The summed E-state index contributed by atoms with van der Waals surface area (Å²) in [4.78, 5) is 33.2. The standard InChI is InChI=1S/C26H18N6O/c1-32(17-7-3-2-4-8-17)26(33)29-16-11-12-20-21(15-16)31-25-19-10-6-14-28-23(19)22-18(24(25)30-20)9-5-13-27-22/h2-15H,1H3,(H,29,33). The fourth-order valence-electron chi connectivity index (χ4n) is 4.05. The molecule has 0 atom stereocenters. The average molecular weight is 430 g/mol. The Morgan fingerprint density at radius 2 is 1.36 bits per heavy atom. The van der Waals surface area contributed by atoms with Crippen molar-refractivity contribution in [1.82, 2.24) is 19.9 Å². The van der Waals surface area contributed by atoms with E-state index in [1.807, 2.05) is 72.8 Å². The van der Waals surface area contributed by atoms with Crippen molar-refractivity contribution in [2.75, 3.05) is 17.3 Å². The molecule has 158 valence electrons. The molecule has 0 aliphatic heterocycles. The van der Waals surface area contributed by atoms with Gasteiger partial charge in [0.05, 0.1) is 33.1 Å². The Hall–Kier alpha value is -4.65. The number of nitrogens with one attached hydrogen (secondary N) is 1. The van der Waals surface area contributed by atoms with E-state index in [9.17, 15) is 4.79 Å². The Labute approximate surface area is 188 Å². The molecular formula is C26H18N6O. The highest BCUT2D eigenvalue weighted by Crippen LogP contribution is 2.32. The van der Waals surface area contributed by atoms with Gasteiger partial charge in [-0.3, -0.25) is 14.9 Å². The highest BCUT2D eigenvalue weighted by atomic mass is 16.2. The molecule has 7 nitrogen and oxygen atoms in total. The number of anilines is 2. The topological polar surface area (TPSA) is 83.9 Å². The number of carbonyl (C=O) groups excluding carboxylic acids is 1. The number of carbonyl (C=O) groups is 1. The van der Waals surface area contributed by atoms with E-state index in [1.165, 1.54) is 0 Å². The van der Waals surface area contributed by atoms with Crippen LogP contribution in [0.2, 0.25) is 0 Å². The molecule has 33 heavy (non-hydrogen) atoms. The van der Waals surface area contributed by atoms with Gasteiger partial charge in [-0.05, 0) is 54.6 Å². The highest BCUT2D eigenvalue weighted by molar-refractivity contribution is 6.21. The van der Waals surface area contributed by atoms with Crippen LogP contribution in [0, 0.1) is 0 Å². The van der Waals surface area contributed by atoms with Gasteiger partial charge in [-0.1, -0.05) is 18.2 Å². The van der Waals surface area contributed by atoms with Gasteiger partial charge >= 0.3 is 6.03 Å². The summed E-state index contributed by atoms with van der Waals surface area (Å²) in [6, 6.07) is 22.6. The summed E-state index contributed by atoms with van der Waals surface area (Å²) >= 11 is 0. The lowest BCUT2D eigenvalue weighted by atomic mass is 10.1. The maximum Gasteiger partial charge on any atom is 0.326 e. The molecule has 2 amide bonds. The molecule has 6 aromatic rings. The predicted molar refractivity (Wildman–Crippen MR) is 132 cm³/mol. The summed E-state index contributed by atoms with van der Waals surface area (Å²) < 4.78 is 0. The van der Waals surface area contributed by atoms with E-state index in [2.05, 4.69) is 15.3 Å². The molecule has 0 spiro atoms. The maximum absolute atomic E-state index is 12.7. The highest BCUT2D eigenvalue weighted by Gasteiger charge is 2.15. The third-order valence-electron chi connectivity index (χ3n) is 5.71. The molecule has 1 N–H and O–H groups in total. The van der Waals surface area contributed by atoms with E-state index >= 15 is 0 Å². The van der Waals surface area contributed by atoms with Crippen LogP contribution in [0.25, 0.3) is 43.9 Å². The molecule has 0 unspecified atom stereocenters. The number of nitrogens with zero attached hydrogens (tertiary/aromatic N) is 5. The number of hydrogen-bond donors (Lipinski definition) is 1. The molecule has 3 heterocycles. The van der Waals surface area contributed by atoms with Gasteiger partial charge in [-0.15, -0.1) is 0 Å². The van der Waals surface area contributed by atoms with Crippen molar-refractivity contribution < 1.29 is 4.79 Å². The second-order valence-corrected chi connectivity index (χ2v) is 7.75. The van der Waals surface area contributed by atoms with Gasteiger partial charge in [0, 0.05) is 41.6 Å². The van der Waals surface area contributed by atoms with E-state index in [4.69, 9.17) is 9.97 Å². The van der Waals surface area contributed by atoms with Crippen LogP contribution < -0.4 is 10.2 Å². The third-order valence-corrected chi connectivity index (χ3v) is 5.71. The van der Waals surface area contributed by atoms with Crippen LogP contribution in [0.3, 0.4) is 0 Å². The van der Waals surface area contributed by atoms with Gasteiger partial charge in [-0.25, -0.2) is 14.8 Å². The smallest absolute Gasteiger partial charge is 0.307 e. The minimum absolute atomic E-state index is 0.235. The Bertz CT molecular complexity index is 1680. The Morgan fingerprint density at radius 1 is 0.727 bits per heavy atom. The quantitative estimate of drug-likeness (QED) is 0.288. The van der Waals surface area contributed by atoms with Crippen molar-refractivity contribution >= 4 is 61.3 Å². The number of pyridine rings is 2. The van der Waals surface area contributed by atoms with Crippen LogP contribution in [0.1, 0.15) is 0 Å². The van der Waals surface area contributed by atoms with Crippen molar-refractivity contribution in [1.29, 1.82) is 0 Å². The number of urea groups is 1. The monoisotopic (exact) mass is 430 g/mol. The van der Waals surface area contributed by atoms with Crippen molar-refractivity contribution in [3.8, 4) is 0 Å². The summed E-state index contributed by atoms with van der Waals surface area (Å²) in [7, 11) is 1.73. The first-order valence-corrected chi connectivity index (χ1v) is 10.5. The summed E-state index contributed by atoms with van der Waals surface area (Å²) in [5, 5.41) is 4.75. The maximum atomic E-state index is 12.7. The van der Waals surface area contributed by atoms with Gasteiger partial charge in [0.1, 0.15) is 0 Å². The summed E-state index contributed by atoms with van der Waals surface area (Å²) in [6.45, 7) is 0. The first-order chi connectivity index (χ1) is 16.2. The average Bonchev–Trinajstić information content (AvgIpc) is 2.88. The van der Waals surface area contributed by atoms with Gasteiger partial charge < -0.3 is 5.32 Å². The molecule has 0 fully saturated rings. The molecule has 6 rings (SSSR count). The van der Waals surface area contributed by atoms with Crippen molar-refractivity contribution in [3.05, 3.63) is 85.2 Å². The third kappa shape index (κ3) is 3.18.